The fourth-order valence-electron chi connectivity index (χ4n) is 2.02. The molecule has 2 amide bonds. The molecule has 1 atom stereocenters. The van der Waals surface area contributed by atoms with Crippen molar-refractivity contribution in [2.45, 2.75) is 20.3 Å². The standard InChI is InChI=1S/C12H16N4O3/c1-8-13-5-3-9(14-8)15-11(19)16-6-4-12(2,7-16)10(17)18/h3,5H,4,6-7H2,1-2H3,(H,17,18)(H,13,14,15,19). The van der Waals surface area contributed by atoms with Crippen LogP contribution in [0.4, 0.5) is 10.6 Å². The highest BCUT2D eigenvalue weighted by Gasteiger charge is 2.42. The van der Waals surface area contributed by atoms with E-state index in [2.05, 4.69) is 15.3 Å². The summed E-state index contributed by atoms with van der Waals surface area (Å²) < 4.78 is 0. The Morgan fingerprint density at radius 2 is 2.26 bits per heavy atom. The van der Waals surface area contributed by atoms with Crippen LogP contribution in [0.5, 0.6) is 0 Å². The number of carboxylic acids is 1. The minimum Gasteiger partial charge on any atom is -0.481 e. The zero-order valence-corrected chi connectivity index (χ0v) is 10.9. The van der Waals surface area contributed by atoms with E-state index in [1.165, 1.54) is 4.90 Å². The lowest BCUT2D eigenvalue weighted by Crippen LogP contribution is -2.37. The van der Waals surface area contributed by atoms with E-state index in [9.17, 15) is 9.59 Å². The van der Waals surface area contributed by atoms with Crippen molar-refractivity contribution in [1.82, 2.24) is 14.9 Å². The molecule has 0 bridgehead atoms. The SMILES string of the molecule is Cc1nccc(NC(=O)N2CCC(C)(C(=O)O)C2)n1. The maximum absolute atomic E-state index is 12.0. The van der Waals surface area contributed by atoms with Crippen LogP contribution >= 0.6 is 0 Å². The topological polar surface area (TPSA) is 95.4 Å². The third kappa shape index (κ3) is 2.81. The molecule has 1 aliphatic rings. The summed E-state index contributed by atoms with van der Waals surface area (Å²) in [7, 11) is 0. The molecular formula is C12H16N4O3. The summed E-state index contributed by atoms with van der Waals surface area (Å²) in [5, 5.41) is 11.8. The molecule has 0 radical (unpaired) electrons. The minimum absolute atomic E-state index is 0.207. The molecule has 2 N–H and O–H groups in total. The van der Waals surface area contributed by atoms with Crippen LogP contribution in [0.15, 0.2) is 12.3 Å². The van der Waals surface area contributed by atoms with Crippen molar-refractivity contribution in [2.24, 2.45) is 5.41 Å². The molecule has 1 unspecified atom stereocenters. The Balaban J connectivity index is 2.01. The van der Waals surface area contributed by atoms with E-state index in [0.717, 1.165) is 0 Å². The smallest absolute Gasteiger partial charge is 0.323 e. The minimum atomic E-state index is -0.874. The largest absolute Gasteiger partial charge is 0.481 e. The van der Waals surface area contributed by atoms with E-state index in [1.54, 1.807) is 26.1 Å². The monoisotopic (exact) mass is 264 g/mol. The van der Waals surface area contributed by atoms with Crippen molar-refractivity contribution in [2.75, 3.05) is 18.4 Å². The van der Waals surface area contributed by atoms with Gasteiger partial charge in [0.05, 0.1) is 5.41 Å². The molecule has 7 heteroatoms. The van der Waals surface area contributed by atoms with Crippen molar-refractivity contribution >= 4 is 17.8 Å². The number of nitrogens with one attached hydrogen (secondary N) is 1. The van der Waals surface area contributed by atoms with Gasteiger partial charge in [0.2, 0.25) is 0 Å². The highest BCUT2D eigenvalue weighted by Crippen LogP contribution is 2.30. The van der Waals surface area contributed by atoms with Crippen LogP contribution in [0.1, 0.15) is 19.2 Å². The Morgan fingerprint density at radius 3 is 2.84 bits per heavy atom. The van der Waals surface area contributed by atoms with Gasteiger partial charge in [0, 0.05) is 19.3 Å². The van der Waals surface area contributed by atoms with Crippen LogP contribution in [0, 0.1) is 12.3 Å². The highest BCUT2D eigenvalue weighted by atomic mass is 16.4. The zero-order valence-electron chi connectivity index (χ0n) is 10.9. The summed E-state index contributed by atoms with van der Waals surface area (Å²) in [6, 6.07) is 1.26. The first-order chi connectivity index (χ1) is 8.90. The second-order valence-corrected chi connectivity index (χ2v) is 4.96. The maximum atomic E-state index is 12.0. The second kappa shape index (κ2) is 4.83. The van der Waals surface area contributed by atoms with Crippen LogP contribution < -0.4 is 5.32 Å². The molecule has 1 aromatic rings. The summed E-state index contributed by atoms with van der Waals surface area (Å²) in [4.78, 5) is 32.6. The summed E-state index contributed by atoms with van der Waals surface area (Å²) in [6.45, 7) is 4.02. The van der Waals surface area contributed by atoms with Crippen molar-refractivity contribution in [1.29, 1.82) is 0 Å². The lowest BCUT2D eigenvalue weighted by molar-refractivity contribution is -0.146. The molecule has 1 fully saturated rings. The number of likely N-dealkylation sites (tertiary alicyclic amines) is 1. The molecular weight excluding hydrogens is 248 g/mol. The fourth-order valence-corrected chi connectivity index (χ4v) is 2.02. The molecule has 7 nitrogen and oxygen atoms in total. The molecule has 1 saturated heterocycles. The molecule has 1 aromatic heterocycles. The van der Waals surface area contributed by atoms with Crippen molar-refractivity contribution in [3.63, 3.8) is 0 Å². The van der Waals surface area contributed by atoms with Gasteiger partial charge in [-0.05, 0) is 26.3 Å². The predicted octanol–water partition coefficient (Wildman–Crippen LogP) is 1.11. The molecule has 0 aromatic carbocycles. The van der Waals surface area contributed by atoms with E-state index >= 15 is 0 Å². The number of aliphatic carboxylic acids is 1. The van der Waals surface area contributed by atoms with E-state index < -0.39 is 11.4 Å². The number of anilines is 1. The van der Waals surface area contributed by atoms with Gasteiger partial charge in [-0.3, -0.25) is 10.1 Å². The van der Waals surface area contributed by atoms with Gasteiger partial charge >= 0.3 is 12.0 Å². The van der Waals surface area contributed by atoms with Crippen molar-refractivity contribution in [3.8, 4) is 0 Å². The van der Waals surface area contributed by atoms with Crippen molar-refractivity contribution in [3.05, 3.63) is 18.1 Å². The summed E-state index contributed by atoms with van der Waals surface area (Å²) in [6.07, 6.45) is 2.02. The third-order valence-electron chi connectivity index (χ3n) is 3.29. The number of carbonyl (C=O) groups is 2. The van der Waals surface area contributed by atoms with Crippen molar-refractivity contribution < 1.29 is 14.7 Å². The van der Waals surface area contributed by atoms with Gasteiger partial charge in [0.1, 0.15) is 11.6 Å². The fraction of sp³-hybridized carbons (Fsp3) is 0.500. The first-order valence-electron chi connectivity index (χ1n) is 6.00. The van der Waals surface area contributed by atoms with Gasteiger partial charge in [0.15, 0.2) is 0 Å². The molecule has 2 rings (SSSR count). The molecule has 2 heterocycles. The van der Waals surface area contributed by atoms with Gasteiger partial charge in [-0.2, -0.15) is 0 Å². The number of urea groups is 1. The second-order valence-electron chi connectivity index (χ2n) is 4.96. The third-order valence-corrected chi connectivity index (χ3v) is 3.29. The van der Waals surface area contributed by atoms with Crippen LogP contribution in [-0.4, -0.2) is 45.1 Å². The average molecular weight is 264 g/mol. The molecule has 0 aliphatic carbocycles. The first-order valence-corrected chi connectivity index (χ1v) is 6.00. The molecule has 102 valence electrons. The van der Waals surface area contributed by atoms with Gasteiger partial charge in [-0.25, -0.2) is 14.8 Å². The number of hydrogen-bond donors (Lipinski definition) is 2. The molecule has 19 heavy (non-hydrogen) atoms. The zero-order chi connectivity index (χ0) is 14.0. The summed E-state index contributed by atoms with van der Waals surface area (Å²) >= 11 is 0. The number of hydrogen-bond acceptors (Lipinski definition) is 4. The summed E-state index contributed by atoms with van der Waals surface area (Å²) in [5.41, 5.74) is -0.862. The predicted molar refractivity (Wildman–Crippen MR) is 67.7 cm³/mol. The molecule has 0 spiro atoms. The lowest BCUT2D eigenvalue weighted by Gasteiger charge is -2.20. The maximum Gasteiger partial charge on any atom is 0.323 e. The average Bonchev–Trinajstić information content (AvgIpc) is 2.73. The normalized spacial score (nSPS) is 22.3. The lowest BCUT2D eigenvalue weighted by atomic mass is 9.90. The number of carboxylic acid groups (broad SMARTS) is 1. The van der Waals surface area contributed by atoms with Gasteiger partial charge in [-0.15, -0.1) is 0 Å². The Bertz CT molecular complexity index is 519. The van der Waals surface area contributed by atoms with Crippen LogP contribution in [-0.2, 0) is 4.79 Å². The molecule has 0 saturated carbocycles. The number of aryl methyl sites for hydroxylation is 1. The number of nitrogens with zero attached hydrogens (tertiary/aromatic N) is 3. The summed E-state index contributed by atoms with van der Waals surface area (Å²) in [5.74, 6) is 0.108. The Kier molecular flexibility index (Phi) is 3.37. The molecule has 1 aliphatic heterocycles. The quantitative estimate of drug-likeness (QED) is 0.834. The van der Waals surface area contributed by atoms with Gasteiger partial charge in [-0.1, -0.05) is 0 Å². The number of carbonyl (C=O) groups excluding carboxylic acids is 1. The van der Waals surface area contributed by atoms with E-state index in [1.807, 2.05) is 0 Å². The Hall–Kier alpha value is -2.18. The van der Waals surface area contributed by atoms with Crippen LogP contribution in [0.25, 0.3) is 0 Å². The Labute approximate surface area is 110 Å². The van der Waals surface area contributed by atoms with Crippen LogP contribution in [0.3, 0.4) is 0 Å². The first kappa shape index (κ1) is 13.3. The van der Waals surface area contributed by atoms with Gasteiger partial charge in [0.25, 0.3) is 0 Å². The van der Waals surface area contributed by atoms with Crippen LogP contribution in [0.2, 0.25) is 0 Å². The van der Waals surface area contributed by atoms with E-state index in [-0.39, 0.29) is 12.6 Å². The van der Waals surface area contributed by atoms with E-state index in [0.29, 0.717) is 24.6 Å². The van der Waals surface area contributed by atoms with Gasteiger partial charge < -0.3 is 10.0 Å². The van der Waals surface area contributed by atoms with E-state index in [4.69, 9.17) is 5.11 Å². The highest BCUT2D eigenvalue weighted by molar-refractivity contribution is 5.89. The number of rotatable bonds is 2. The Morgan fingerprint density at radius 1 is 1.53 bits per heavy atom. The number of aromatic nitrogens is 2. The number of amides is 2.